The molecule has 1 atom stereocenters. The molecule has 2 aromatic carbocycles. The average molecular weight is 455 g/mol. The van der Waals surface area contributed by atoms with Crippen LogP contribution in [0, 0.1) is 13.8 Å². The van der Waals surface area contributed by atoms with Crippen LogP contribution in [0.3, 0.4) is 0 Å². The molecular formula is C23H26N4O4S. The van der Waals surface area contributed by atoms with Crippen LogP contribution >= 0.6 is 11.8 Å². The predicted octanol–water partition coefficient (Wildman–Crippen LogP) is 4.34. The molecule has 0 bridgehead atoms. The lowest BCUT2D eigenvalue weighted by Gasteiger charge is -2.14. The zero-order valence-electron chi connectivity index (χ0n) is 18.5. The second-order valence-electron chi connectivity index (χ2n) is 7.47. The van der Waals surface area contributed by atoms with Crippen molar-refractivity contribution in [3.05, 3.63) is 53.3 Å². The number of para-hydroxylation sites is 1. The molecule has 0 aliphatic carbocycles. The minimum absolute atomic E-state index is 0.132. The molecule has 3 aromatic rings. The first kappa shape index (κ1) is 22.0. The van der Waals surface area contributed by atoms with Crippen LogP contribution in [0.2, 0.25) is 0 Å². The van der Waals surface area contributed by atoms with Gasteiger partial charge in [0, 0.05) is 18.3 Å². The third kappa shape index (κ3) is 4.67. The molecule has 1 aliphatic rings. The van der Waals surface area contributed by atoms with Gasteiger partial charge >= 0.3 is 0 Å². The number of anilines is 1. The van der Waals surface area contributed by atoms with Gasteiger partial charge in [-0.15, -0.1) is 10.2 Å². The molecule has 1 amide bonds. The molecule has 0 spiro atoms. The molecule has 0 radical (unpaired) electrons. The highest BCUT2D eigenvalue weighted by Gasteiger charge is 2.21. The molecule has 1 N–H and O–H groups in total. The van der Waals surface area contributed by atoms with Gasteiger partial charge in [-0.05, 0) is 51.0 Å². The Morgan fingerprint density at radius 2 is 1.94 bits per heavy atom. The Balaban J connectivity index is 1.40. The largest absolute Gasteiger partial charge is 0.485 e. The fraction of sp³-hybridized carbons (Fsp3) is 0.348. The lowest BCUT2D eigenvalue weighted by molar-refractivity contribution is -0.115. The van der Waals surface area contributed by atoms with E-state index in [2.05, 4.69) is 15.5 Å². The van der Waals surface area contributed by atoms with E-state index >= 15 is 0 Å². The zero-order chi connectivity index (χ0) is 22.7. The van der Waals surface area contributed by atoms with Crippen LogP contribution in [-0.4, -0.2) is 32.7 Å². The second kappa shape index (κ2) is 9.52. The summed E-state index contributed by atoms with van der Waals surface area (Å²) in [7, 11) is 0. The number of thioether (sulfide) groups is 1. The highest BCUT2D eigenvalue weighted by molar-refractivity contribution is 8.00. The predicted molar refractivity (Wildman–Crippen MR) is 122 cm³/mol. The first-order chi connectivity index (χ1) is 15.5. The average Bonchev–Trinajstić information content (AvgIpc) is 3.39. The van der Waals surface area contributed by atoms with Gasteiger partial charge in [0.25, 0.3) is 0 Å². The van der Waals surface area contributed by atoms with Gasteiger partial charge in [0.15, 0.2) is 22.5 Å². The Labute approximate surface area is 191 Å². The van der Waals surface area contributed by atoms with Crippen molar-refractivity contribution in [2.45, 2.75) is 51.3 Å². The molecular weight excluding hydrogens is 428 g/mol. The summed E-state index contributed by atoms with van der Waals surface area (Å²) >= 11 is 1.36. The highest BCUT2D eigenvalue weighted by Crippen LogP contribution is 2.34. The van der Waals surface area contributed by atoms with Crippen molar-refractivity contribution in [2.75, 3.05) is 12.1 Å². The van der Waals surface area contributed by atoms with E-state index in [4.69, 9.17) is 14.2 Å². The number of rotatable bonds is 8. The fourth-order valence-electron chi connectivity index (χ4n) is 3.42. The van der Waals surface area contributed by atoms with E-state index in [-0.39, 0.29) is 18.0 Å². The molecule has 2 heterocycles. The van der Waals surface area contributed by atoms with Gasteiger partial charge in [0.1, 0.15) is 12.4 Å². The number of hydrogen-bond acceptors (Lipinski definition) is 7. The lowest BCUT2D eigenvalue weighted by atomic mass is 10.1. The molecule has 4 rings (SSSR count). The number of aryl methyl sites for hydroxylation is 2. The number of aromatic nitrogens is 3. The van der Waals surface area contributed by atoms with Crippen molar-refractivity contribution in [1.29, 1.82) is 0 Å². The molecule has 1 aromatic heterocycles. The smallest absolute Gasteiger partial charge is 0.237 e. The first-order valence-corrected chi connectivity index (χ1v) is 11.3. The Hall–Kier alpha value is -3.20. The van der Waals surface area contributed by atoms with Crippen LogP contribution in [0.5, 0.6) is 17.2 Å². The Morgan fingerprint density at radius 3 is 2.69 bits per heavy atom. The number of nitrogens with zero attached hydrogens (tertiary/aromatic N) is 3. The van der Waals surface area contributed by atoms with Crippen LogP contribution < -0.4 is 19.5 Å². The van der Waals surface area contributed by atoms with Crippen LogP contribution in [0.1, 0.15) is 30.8 Å². The first-order valence-electron chi connectivity index (χ1n) is 10.4. The number of amides is 1. The maximum atomic E-state index is 12.7. The number of carbonyl (C=O) groups excluding carboxylic acids is 1. The molecule has 9 heteroatoms. The third-order valence-electron chi connectivity index (χ3n) is 5.16. The summed E-state index contributed by atoms with van der Waals surface area (Å²) in [5.41, 5.74) is 2.82. The molecule has 0 fully saturated rings. The van der Waals surface area contributed by atoms with Crippen LogP contribution in [0.15, 0.2) is 41.6 Å². The van der Waals surface area contributed by atoms with E-state index < -0.39 is 0 Å². The van der Waals surface area contributed by atoms with Gasteiger partial charge in [0.2, 0.25) is 12.7 Å². The van der Waals surface area contributed by atoms with Crippen LogP contribution in [0.25, 0.3) is 0 Å². The van der Waals surface area contributed by atoms with Crippen molar-refractivity contribution in [3.8, 4) is 17.2 Å². The number of nitrogens with one attached hydrogen (secondary N) is 1. The van der Waals surface area contributed by atoms with Crippen LogP contribution in [-0.2, 0) is 17.9 Å². The van der Waals surface area contributed by atoms with E-state index in [1.54, 1.807) is 18.2 Å². The lowest BCUT2D eigenvalue weighted by Crippen LogP contribution is -2.23. The number of carbonyl (C=O) groups is 1. The van der Waals surface area contributed by atoms with Gasteiger partial charge in [-0.1, -0.05) is 30.0 Å². The number of benzene rings is 2. The summed E-state index contributed by atoms with van der Waals surface area (Å²) < 4.78 is 18.7. The zero-order valence-corrected chi connectivity index (χ0v) is 19.4. The van der Waals surface area contributed by atoms with Crippen molar-refractivity contribution in [3.63, 3.8) is 0 Å². The maximum Gasteiger partial charge on any atom is 0.237 e. The summed E-state index contributed by atoms with van der Waals surface area (Å²) in [6, 6.07) is 11.4. The number of fused-ring (bicyclic) bond motifs is 1. The van der Waals surface area contributed by atoms with Gasteiger partial charge < -0.3 is 24.1 Å². The van der Waals surface area contributed by atoms with Crippen molar-refractivity contribution >= 4 is 23.4 Å². The van der Waals surface area contributed by atoms with E-state index in [1.165, 1.54) is 11.8 Å². The third-order valence-corrected chi connectivity index (χ3v) is 6.24. The minimum atomic E-state index is -0.373. The van der Waals surface area contributed by atoms with Crippen molar-refractivity contribution < 1.29 is 19.0 Å². The van der Waals surface area contributed by atoms with E-state index in [9.17, 15) is 4.79 Å². The Bertz CT molecular complexity index is 1110. The monoisotopic (exact) mass is 454 g/mol. The van der Waals surface area contributed by atoms with Crippen molar-refractivity contribution in [2.24, 2.45) is 0 Å². The van der Waals surface area contributed by atoms with Crippen molar-refractivity contribution in [1.82, 2.24) is 14.8 Å². The molecule has 1 unspecified atom stereocenters. The Morgan fingerprint density at radius 1 is 1.19 bits per heavy atom. The Kier molecular flexibility index (Phi) is 6.55. The van der Waals surface area contributed by atoms with Gasteiger partial charge in [-0.3, -0.25) is 4.79 Å². The standard InChI is InChI=1S/C23H26N4O4S/c1-5-27-20(12-29-21-14(2)7-6-8-15(21)3)25-26-23(27)32-16(4)22(28)24-17-9-10-18-19(11-17)31-13-30-18/h6-11,16H,5,12-13H2,1-4H3,(H,24,28). The summed E-state index contributed by atoms with van der Waals surface area (Å²) in [5, 5.41) is 11.8. The summed E-state index contributed by atoms with van der Waals surface area (Å²) in [4.78, 5) is 12.7. The maximum absolute atomic E-state index is 12.7. The van der Waals surface area contributed by atoms with E-state index in [0.717, 1.165) is 22.7 Å². The molecule has 0 saturated heterocycles. The summed E-state index contributed by atoms with van der Waals surface area (Å²) in [5.74, 6) is 2.76. The highest BCUT2D eigenvalue weighted by atomic mass is 32.2. The molecule has 0 saturated carbocycles. The van der Waals surface area contributed by atoms with E-state index in [0.29, 0.717) is 35.5 Å². The van der Waals surface area contributed by atoms with Crippen LogP contribution in [0.4, 0.5) is 5.69 Å². The summed E-state index contributed by atoms with van der Waals surface area (Å²) in [6.45, 7) is 9.09. The second-order valence-corrected chi connectivity index (χ2v) is 8.78. The van der Waals surface area contributed by atoms with E-state index in [1.807, 2.05) is 50.5 Å². The number of hydrogen-bond donors (Lipinski definition) is 1. The molecule has 8 nitrogen and oxygen atoms in total. The molecule has 168 valence electrons. The quantitative estimate of drug-likeness (QED) is 0.507. The van der Waals surface area contributed by atoms with Gasteiger partial charge in [-0.25, -0.2) is 0 Å². The SMILES string of the molecule is CCn1c(COc2c(C)cccc2C)nnc1SC(C)C(=O)Nc1ccc2c(c1)OCO2. The minimum Gasteiger partial charge on any atom is -0.485 e. The van der Waals surface area contributed by atoms with Gasteiger partial charge in [0.05, 0.1) is 5.25 Å². The topological polar surface area (TPSA) is 87.5 Å². The fourth-order valence-corrected chi connectivity index (χ4v) is 4.36. The van der Waals surface area contributed by atoms with Gasteiger partial charge in [-0.2, -0.15) is 0 Å². The number of ether oxygens (including phenoxy) is 3. The summed E-state index contributed by atoms with van der Waals surface area (Å²) in [6.07, 6.45) is 0. The molecule has 32 heavy (non-hydrogen) atoms. The normalized spacial score (nSPS) is 13.1. The molecule has 1 aliphatic heterocycles.